The van der Waals surface area contributed by atoms with Crippen molar-refractivity contribution in [3.8, 4) is 5.75 Å². The molecule has 0 saturated heterocycles. The summed E-state index contributed by atoms with van der Waals surface area (Å²) in [6.07, 6.45) is 0.297. The second-order valence-electron chi connectivity index (χ2n) is 6.02. The number of rotatable bonds is 7. The molecule has 6 heteroatoms. The van der Waals surface area contributed by atoms with Crippen molar-refractivity contribution in [3.05, 3.63) is 70.1 Å². The molecule has 0 aliphatic rings. The summed E-state index contributed by atoms with van der Waals surface area (Å²) in [6, 6.07) is 14.7. The van der Waals surface area contributed by atoms with Crippen molar-refractivity contribution < 1.29 is 18.7 Å². The Kier molecular flexibility index (Phi) is 6.19. The Morgan fingerprint density at radius 2 is 1.89 bits per heavy atom. The molecule has 0 unspecified atom stereocenters. The molecule has 140 valence electrons. The number of esters is 1. The minimum atomic E-state index is -0.489. The van der Waals surface area contributed by atoms with Crippen LogP contribution in [0.5, 0.6) is 5.75 Å². The first-order valence-corrected chi connectivity index (χ1v) is 9.49. The predicted octanol–water partition coefficient (Wildman–Crippen LogP) is 4.34. The maximum atomic E-state index is 12.0. The van der Waals surface area contributed by atoms with E-state index in [2.05, 4.69) is 0 Å². The zero-order valence-electron chi connectivity index (χ0n) is 15.2. The molecule has 0 radical (unpaired) electrons. The number of benzene rings is 2. The standard InChI is InChI=1S/C21H20O5S/c1-14-3-6-17(7-4-14)27-10-9-20(22)25-13-15-11-21(23)26-19-12-16(24-2)5-8-18(15)19/h3-8,11-12H,9-10,13H2,1-2H3. The number of hydrogen-bond acceptors (Lipinski definition) is 6. The van der Waals surface area contributed by atoms with Gasteiger partial charge in [-0.05, 0) is 31.2 Å². The molecular weight excluding hydrogens is 364 g/mol. The fourth-order valence-electron chi connectivity index (χ4n) is 2.57. The summed E-state index contributed by atoms with van der Waals surface area (Å²) < 4.78 is 15.7. The van der Waals surface area contributed by atoms with Crippen LogP contribution in [0.15, 0.2) is 62.6 Å². The predicted molar refractivity (Wildman–Crippen MR) is 105 cm³/mol. The lowest BCUT2D eigenvalue weighted by Gasteiger charge is -2.08. The fraction of sp³-hybridized carbons (Fsp3) is 0.238. The maximum absolute atomic E-state index is 12.0. The summed E-state index contributed by atoms with van der Waals surface area (Å²) in [4.78, 5) is 24.9. The molecule has 0 bridgehead atoms. The number of ether oxygens (including phenoxy) is 2. The molecule has 5 nitrogen and oxygen atoms in total. The molecule has 0 spiro atoms. The Balaban J connectivity index is 1.58. The van der Waals surface area contributed by atoms with E-state index < -0.39 is 5.63 Å². The largest absolute Gasteiger partial charge is 0.497 e. The number of thioether (sulfide) groups is 1. The van der Waals surface area contributed by atoms with Gasteiger partial charge in [-0.3, -0.25) is 4.79 Å². The van der Waals surface area contributed by atoms with Gasteiger partial charge in [-0.2, -0.15) is 0 Å². The highest BCUT2D eigenvalue weighted by atomic mass is 32.2. The van der Waals surface area contributed by atoms with Crippen LogP contribution in [-0.4, -0.2) is 18.8 Å². The molecule has 1 heterocycles. The van der Waals surface area contributed by atoms with Gasteiger partial charge in [0.05, 0.1) is 13.5 Å². The number of carbonyl (C=O) groups excluding carboxylic acids is 1. The van der Waals surface area contributed by atoms with Gasteiger partial charge >= 0.3 is 11.6 Å². The van der Waals surface area contributed by atoms with Gasteiger partial charge in [0.15, 0.2) is 0 Å². The number of methoxy groups -OCH3 is 1. The average Bonchev–Trinajstić information content (AvgIpc) is 2.67. The van der Waals surface area contributed by atoms with Crippen molar-refractivity contribution in [2.75, 3.05) is 12.9 Å². The lowest BCUT2D eigenvalue weighted by atomic mass is 10.1. The molecule has 0 N–H and O–H groups in total. The molecular formula is C21H20O5S. The zero-order chi connectivity index (χ0) is 19.2. The molecule has 3 aromatic rings. The molecule has 0 amide bonds. The van der Waals surface area contributed by atoms with E-state index in [1.165, 1.54) is 11.6 Å². The van der Waals surface area contributed by atoms with Crippen molar-refractivity contribution >= 4 is 28.7 Å². The van der Waals surface area contributed by atoms with E-state index in [0.29, 0.717) is 29.1 Å². The summed E-state index contributed by atoms with van der Waals surface area (Å²) in [5.74, 6) is 0.925. The van der Waals surface area contributed by atoms with Crippen molar-refractivity contribution in [3.63, 3.8) is 0 Å². The number of carbonyl (C=O) groups is 1. The second kappa shape index (κ2) is 8.77. The Labute approximate surface area is 161 Å². The number of fused-ring (bicyclic) bond motifs is 1. The molecule has 0 aliphatic carbocycles. The van der Waals surface area contributed by atoms with Crippen LogP contribution in [-0.2, 0) is 16.1 Å². The normalized spacial score (nSPS) is 10.7. The van der Waals surface area contributed by atoms with Crippen molar-refractivity contribution in [1.29, 1.82) is 0 Å². The van der Waals surface area contributed by atoms with Crippen LogP contribution in [0.1, 0.15) is 17.5 Å². The molecule has 0 fully saturated rings. The molecule has 27 heavy (non-hydrogen) atoms. The third kappa shape index (κ3) is 5.14. The molecule has 2 aromatic carbocycles. The Hall–Kier alpha value is -2.73. The van der Waals surface area contributed by atoms with E-state index in [-0.39, 0.29) is 12.6 Å². The van der Waals surface area contributed by atoms with E-state index in [4.69, 9.17) is 13.9 Å². The second-order valence-corrected chi connectivity index (χ2v) is 7.19. The van der Waals surface area contributed by atoms with Crippen molar-refractivity contribution in [2.24, 2.45) is 0 Å². The smallest absolute Gasteiger partial charge is 0.336 e. The molecule has 0 saturated carbocycles. The van der Waals surface area contributed by atoms with Crippen LogP contribution in [0.2, 0.25) is 0 Å². The van der Waals surface area contributed by atoms with Gasteiger partial charge in [-0.1, -0.05) is 17.7 Å². The van der Waals surface area contributed by atoms with Crippen LogP contribution >= 0.6 is 11.8 Å². The van der Waals surface area contributed by atoms with Crippen LogP contribution in [0.4, 0.5) is 0 Å². The van der Waals surface area contributed by atoms with Gasteiger partial charge in [0, 0.05) is 33.7 Å². The Morgan fingerprint density at radius 3 is 2.63 bits per heavy atom. The third-order valence-corrected chi connectivity index (χ3v) is 5.04. The highest BCUT2D eigenvalue weighted by Gasteiger charge is 2.10. The van der Waals surface area contributed by atoms with E-state index in [1.807, 2.05) is 31.2 Å². The van der Waals surface area contributed by atoms with Crippen LogP contribution in [0.25, 0.3) is 11.0 Å². The minimum Gasteiger partial charge on any atom is -0.497 e. The van der Waals surface area contributed by atoms with Crippen molar-refractivity contribution in [2.45, 2.75) is 24.8 Å². The molecule has 0 atom stereocenters. The van der Waals surface area contributed by atoms with E-state index in [1.54, 1.807) is 37.1 Å². The van der Waals surface area contributed by atoms with Crippen LogP contribution < -0.4 is 10.4 Å². The van der Waals surface area contributed by atoms with E-state index in [9.17, 15) is 9.59 Å². The molecule has 1 aromatic heterocycles. The van der Waals surface area contributed by atoms with Crippen LogP contribution in [0.3, 0.4) is 0 Å². The van der Waals surface area contributed by atoms with Gasteiger partial charge in [-0.15, -0.1) is 11.8 Å². The zero-order valence-corrected chi connectivity index (χ0v) is 16.0. The number of hydrogen-bond donors (Lipinski definition) is 0. The summed E-state index contributed by atoms with van der Waals surface area (Å²) in [6.45, 7) is 2.07. The average molecular weight is 384 g/mol. The summed E-state index contributed by atoms with van der Waals surface area (Å²) >= 11 is 1.61. The Morgan fingerprint density at radius 1 is 1.11 bits per heavy atom. The van der Waals surface area contributed by atoms with Gasteiger partial charge in [0.25, 0.3) is 0 Å². The van der Waals surface area contributed by atoms with Crippen molar-refractivity contribution in [1.82, 2.24) is 0 Å². The van der Waals surface area contributed by atoms with Gasteiger partial charge in [-0.25, -0.2) is 4.79 Å². The fourth-order valence-corrected chi connectivity index (χ4v) is 3.41. The summed E-state index contributed by atoms with van der Waals surface area (Å²) in [7, 11) is 1.54. The molecule has 3 rings (SSSR count). The SMILES string of the molecule is COc1ccc2c(COC(=O)CCSc3ccc(C)cc3)cc(=O)oc2c1. The van der Waals surface area contributed by atoms with E-state index >= 15 is 0 Å². The summed E-state index contributed by atoms with van der Waals surface area (Å²) in [5, 5.41) is 0.720. The van der Waals surface area contributed by atoms with Gasteiger partial charge < -0.3 is 13.9 Å². The quantitative estimate of drug-likeness (QED) is 0.343. The highest BCUT2D eigenvalue weighted by Crippen LogP contribution is 2.23. The topological polar surface area (TPSA) is 65.7 Å². The van der Waals surface area contributed by atoms with Gasteiger partial charge in [0.2, 0.25) is 0 Å². The van der Waals surface area contributed by atoms with E-state index in [0.717, 1.165) is 10.3 Å². The van der Waals surface area contributed by atoms with Gasteiger partial charge in [0.1, 0.15) is 17.9 Å². The third-order valence-electron chi connectivity index (χ3n) is 4.02. The first-order chi connectivity index (χ1) is 13.0. The highest BCUT2D eigenvalue weighted by molar-refractivity contribution is 7.99. The molecule has 0 aliphatic heterocycles. The maximum Gasteiger partial charge on any atom is 0.336 e. The lowest BCUT2D eigenvalue weighted by molar-refractivity contribution is -0.144. The number of aryl methyl sites for hydroxylation is 1. The minimum absolute atomic E-state index is 0.0302. The first kappa shape index (κ1) is 19.0. The Bertz CT molecular complexity index is 992. The monoisotopic (exact) mass is 384 g/mol. The first-order valence-electron chi connectivity index (χ1n) is 8.51. The summed E-state index contributed by atoms with van der Waals surface area (Å²) in [5.41, 5.74) is 1.74. The van der Waals surface area contributed by atoms with Crippen LogP contribution in [0, 0.1) is 6.92 Å². The lowest BCUT2D eigenvalue weighted by Crippen LogP contribution is -2.08.